The van der Waals surface area contributed by atoms with Crippen LogP contribution in [0.1, 0.15) is 5.56 Å². The first-order chi connectivity index (χ1) is 16.2. The van der Waals surface area contributed by atoms with Crippen LogP contribution in [0, 0.1) is 5.41 Å². The molecule has 0 spiro atoms. The number of hydrogen-bond donors (Lipinski definition) is 1. The van der Waals surface area contributed by atoms with Gasteiger partial charge in [0.05, 0.1) is 12.7 Å². The molecule has 0 saturated heterocycles. The van der Waals surface area contributed by atoms with Crippen molar-refractivity contribution in [1.82, 2.24) is 5.01 Å². The molecule has 0 fully saturated rings. The van der Waals surface area contributed by atoms with Gasteiger partial charge in [0, 0.05) is 12.3 Å². The highest BCUT2D eigenvalue weighted by Crippen LogP contribution is 2.30. The van der Waals surface area contributed by atoms with E-state index in [1.165, 1.54) is 6.08 Å². The summed E-state index contributed by atoms with van der Waals surface area (Å²) in [7, 11) is -1.99. The molecule has 1 amide bonds. The maximum absolute atomic E-state index is 12.4. The van der Waals surface area contributed by atoms with E-state index in [0.29, 0.717) is 36.0 Å². The van der Waals surface area contributed by atoms with Gasteiger partial charge in [-0.15, -0.1) is 5.10 Å². The molecule has 2 aliphatic heterocycles. The normalized spacial score (nSPS) is 16.8. The number of fused-ring (bicyclic) bond motifs is 1. The number of ether oxygens (including phenoxy) is 3. The summed E-state index contributed by atoms with van der Waals surface area (Å²) >= 11 is 0.745. The van der Waals surface area contributed by atoms with E-state index >= 15 is 0 Å². The Bertz CT molecular complexity index is 1330. The number of hydrazone groups is 1. The average Bonchev–Trinajstić information content (AvgIpc) is 3.25. The first-order valence-corrected chi connectivity index (χ1v) is 12.7. The van der Waals surface area contributed by atoms with Crippen LogP contribution in [0.4, 0.5) is 0 Å². The van der Waals surface area contributed by atoms with Crippen LogP contribution in [0.5, 0.6) is 17.2 Å². The molecule has 10 nitrogen and oxygen atoms in total. The van der Waals surface area contributed by atoms with Crippen molar-refractivity contribution in [2.24, 2.45) is 10.1 Å². The number of nitrogens with zero attached hydrogens (tertiary/aromatic N) is 3. The van der Waals surface area contributed by atoms with Gasteiger partial charge < -0.3 is 14.2 Å². The minimum Gasteiger partial charge on any atom is -0.497 e. The number of hydrogen-bond acceptors (Lipinski definition) is 9. The molecule has 34 heavy (non-hydrogen) atoms. The predicted molar refractivity (Wildman–Crippen MR) is 130 cm³/mol. The Kier molecular flexibility index (Phi) is 6.70. The highest BCUT2D eigenvalue weighted by molar-refractivity contribution is 8.42. The molecule has 176 valence electrons. The zero-order valence-electron chi connectivity index (χ0n) is 18.2. The lowest BCUT2D eigenvalue weighted by Gasteiger charge is -2.20. The molecule has 2 aliphatic rings. The molecule has 12 heteroatoms. The number of benzene rings is 2. The number of sulfone groups is 1. The Balaban J connectivity index is 1.37. The summed E-state index contributed by atoms with van der Waals surface area (Å²) < 4.78 is 39.7. The molecule has 2 heterocycles. The summed E-state index contributed by atoms with van der Waals surface area (Å²) in [5.74, 6) is 1.13. The van der Waals surface area contributed by atoms with Gasteiger partial charge in [-0.1, -0.05) is 18.2 Å². The summed E-state index contributed by atoms with van der Waals surface area (Å²) in [6.07, 6.45) is 2.51. The first-order valence-electron chi connectivity index (χ1n) is 9.94. The van der Waals surface area contributed by atoms with Crippen molar-refractivity contribution in [3.05, 3.63) is 59.7 Å². The molecule has 0 saturated carbocycles. The number of nitrogens with one attached hydrogen (secondary N) is 1. The number of aliphatic imine (C=N–C) groups is 1. The Morgan fingerprint density at radius 2 is 1.74 bits per heavy atom. The fourth-order valence-corrected chi connectivity index (χ4v) is 4.65. The van der Waals surface area contributed by atoms with E-state index in [1.807, 2.05) is 18.2 Å². The van der Waals surface area contributed by atoms with E-state index in [0.717, 1.165) is 23.0 Å². The van der Waals surface area contributed by atoms with E-state index in [9.17, 15) is 13.2 Å². The summed E-state index contributed by atoms with van der Waals surface area (Å²) in [6.45, 7) is 0.667. The van der Waals surface area contributed by atoms with Crippen LogP contribution in [0.15, 0.2) is 64.2 Å². The maximum Gasteiger partial charge on any atom is 0.283 e. The van der Waals surface area contributed by atoms with Gasteiger partial charge in [0.15, 0.2) is 5.84 Å². The number of carbonyl (C=O) groups excluding carboxylic acids is 1. The lowest BCUT2D eigenvalue weighted by Crippen LogP contribution is -2.35. The van der Waals surface area contributed by atoms with Crippen molar-refractivity contribution in [2.45, 2.75) is 0 Å². The summed E-state index contributed by atoms with van der Waals surface area (Å²) in [6, 6.07) is 14.2. The molecule has 0 atom stereocenters. The first kappa shape index (κ1) is 23.5. The van der Waals surface area contributed by atoms with Crippen LogP contribution in [-0.4, -0.2) is 61.3 Å². The van der Waals surface area contributed by atoms with Crippen LogP contribution >= 0.6 is 11.8 Å². The molecule has 1 N–H and O–H groups in total. The third-order valence-electron chi connectivity index (χ3n) is 4.61. The lowest BCUT2D eigenvalue weighted by molar-refractivity contribution is -0.114. The van der Waals surface area contributed by atoms with Crippen LogP contribution < -0.4 is 14.2 Å². The highest BCUT2D eigenvalue weighted by Gasteiger charge is 2.38. The standard InChI is InChI=1S/C22H20N4O6S2/c1-30-16-4-3-5-17(13-16)32-11-10-31-15-8-6-14(7-9-15)12-18-19(23)26-21(24-20(18)27)33-22(25-26)34(2,28)29/h3-9,12-13,23H,10-11H2,1-2H3/b18-12+,23-19?. The third kappa shape index (κ3) is 5.29. The number of carbonyl (C=O) groups is 1. The van der Waals surface area contributed by atoms with Crippen molar-refractivity contribution in [3.8, 4) is 17.2 Å². The van der Waals surface area contributed by atoms with E-state index in [4.69, 9.17) is 19.6 Å². The Morgan fingerprint density at radius 3 is 2.41 bits per heavy atom. The Hall–Kier alpha value is -3.64. The van der Waals surface area contributed by atoms with Crippen LogP contribution in [0.3, 0.4) is 0 Å². The van der Waals surface area contributed by atoms with E-state index < -0.39 is 15.7 Å². The quantitative estimate of drug-likeness (QED) is 0.454. The van der Waals surface area contributed by atoms with E-state index in [-0.39, 0.29) is 21.0 Å². The van der Waals surface area contributed by atoms with Crippen molar-refractivity contribution in [2.75, 3.05) is 26.6 Å². The number of amides is 1. The number of thioether (sulfide) groups is 1. The van der Waals surface area contributed by atoms with Crippen LogP contribution in [0.2, 0.25) is 0 Å². The van der Waals surface area contributed by atoms with E-state index in [2.05, 4.69) is 10.1 Å². The smallest absolute Gasteiger partial charge is 0.283 e. The van der Waals surface area contributed by atoms with Crippen LogP contribution in [-0.2, 0) is 14.6 Å². The highest BCUT2D eigenvalue weighted by atomic mass is 32.3. The zero-order valence-corrected chi connectivity index (χ0v) is 19.9. The van der Waals surface area contributed by atoms with E-state index in [1.54, 1.807) is 37.4 Å². The second-order valence-electron chi connectivity index (χ2n) is 7.10. The summed E-state index contributed by atoms with van der Waals surface area (Å²) in [5.41, 5.74) is 0.647. The predicted octanol–water partition coefficient (Wildman–Crippen LogP) is 2.77. The number of amidine groups is 2. The lowest BCUT2D eigenvalue weighted by atomic mass is 10.1. The molecule has 0 bridgehead atoms. The van der Waals surface area contributed by atoms with Gasteiger partial charge >= 0.3 is 0 Å². The minimum absolute atomic E-state index is 0.00297. The fraction of sp³-hybridized carbons (Fsp3) is 0.182. The van der Waals surface area contributed by atoms with Gasteiger partial charge in [-0.25, -0.2) is 8.42 Å². The van der Waals surface area contributed by atoms with Crippen molar-refractivity contribution in [1.29, 1.82) is 5.41 Å². The van der Waals surface area contributed by atoms with Crippen molar-refractivity contribution < 1.29 is 27.4 Å². The molecule has 2 aromatic rings. The van der Waals surface area contributed by atoms with Crippen molar-refractivity contribution >= 4 is 49.0 Å². The maximum atomic E-state index is 12.4. The summed E-state index contributed by atoms with van der Waals surface area (Å²) in [4.78, 5) is 16.3. The fourth-order valence-electron chi connectivity index (χ4n) is 2.96. The molecule has 0 unspecified atom stereocenters. The topological polar surface area (TPSA) is 131 Å². The average molecular weight is 501 g/mol. The SMILES string of the molecule is COc1cccc(OCCOc2ccc(/C=C3\C(=N)N4N=C(S(C)(=O)=O)SC4=NC3=O)cc2)c1. The third-order valence-corrected chi connectivity index (χ3v) is 7.18. The van der Waals surface area contributed by atoms with Gasteiger partial charge in [0.1, 0.15) is 30.5 Å². The Morgan fingerprint density at radius 1 is 1.06 bits per heavy atom. The summed E-state index contributed by atoms with van der Waals surface area (Å²) in [5, 5.41) is 13.3. The molecular formula is C22H20N4O6S2. The van der Waals surface area contributed by atoms with Crippen molar-refractivity contribution in [3.63, 3.8) is 0 Å². The van der Waals surface area contributed by atoms with Gasteiger partial charge in [0.2, 0.25) is 19.4 Å². The number of rotatable bonds is 7. The molecule has 2 aromatic carbocycles. The zero-order chi connectivity index (χ0) is 24.3. The largest absolute Gasteiger partial charge is 0.497 e. The molecule has 4 rings (SSSR count). The molecule has 0 aliphatic carbocycles. The molecule has 0 aromatic heterocycles. The second-order valence-corrected chi connectivity index (χ2v) is 10.2. The van der Waals surface area contributed by atoms with Gasteiger partial charge in [-0.05, 0) is 47.7 Å². The number of methoxy groups -OCH3 is 1. The Labute approximate surface area is 200 Å². The molecule has 0 radical (unpaired) electrons. The van der Waals surface area contributed by atoms with Gasteiger partial charge in [-0.2, -0.15) is 10.0 Å². The van der Waals surface area contributed by atoms with Crippen LogP contribution in [0.25, 0.3) is 6.08 Å². The van der Waals surface area contributed by atoms with Gasteiger partial charge in [-0.3, -0.25) is 10.2 Å². The minimum atomic E-state index is -3.58. The second kappa shape index (κ2) is 9.69. The molecular weight excluding hydrogens is 480 g/mol. The van der Waals surface area contributed by atoms with Gasteiger partial charge in [0.25, 0.3) is 5.91 Å². The monoisotopic (exact) mass is 500 g/mol.